The lowest BCUT2D eigenvalue weighted by atomic mass is 9.90. The molecule has 1 rings (SSSR count). The molecule has 0 aromatic rings. The van der Waals surface area contributed by atoms with Gasteiger partial charge in [-0.05, 0) is 39.0 Å². The second-order valence-corrected chi connectivity index (χ2v) is 7.00. The average molecular weight is 338 g/mol. The van der Waals surface area contributed by atoms with E-state index in [2.05, 4.69) is 19.1 Å². The molecule has 0 bridgehead atoms. The van der Waals surface area contributed by atoms with Gasteiger partial charge in [-0.3, -0.25) is 4.79 Å². The SMILES string of the molecule is CCCC/C=C\CC1C(=O)C[C@@H](O)[C@@H]1/C=C/[C@@H](O)CCC[C@@H](C)O. The first kappa shape index (κ1) is 21.1. The third-order valence-electron chi connectivity index (χ3n) is 4.69. The van der Waals surface area contributed by atoms with Crippen LogP contribution in [0.4, 0.5) is 0 Å². The lowest BCUT2D eigenvalue weighted by molar-refractivity contribution is -0.121. The van der Waals surface area contributed by atoms with Crippen LogP contribution in [0.3, 0.4) is 0 Å². The first-order chi connectivity index (χ1) is 11.5. The van der Waals surface area contributed by atoms with Gasteiger partial charge >= 0.3 is 0 Å². The highest BCUT2D eigenvalue weighted by Crippen LogP contribution is 2.33. The molecule has 0 radical (unpaired) electrons. The summed E-state index contributed by atoms with van der Waals surface area (Å²) in [5.74, 6) is -0.278. The van der Waals surface area contributed by atoms with Crippen LogP contribution in [0.2, 0.25) is 0 Å². The van der Waals surface area contributed by atoms with E-state index in [1.54, 1.807) is 13.0 Å². The van der Waals surface area contributed by atoms with Gasteiger partial charge in [0.2, 0.25) is 0 Å². The summed E-state index contributed by atoms with van der Waals surface area (Å²) in [5.41, 5.74) is 0. The number of allylic oxidation sites excluding steroid dienone is 2. The van der Waals surface area contributed by atoms with Gasteiger partial charge in [0.15, 0.2) is 0 Å². The Kier molecular flexibility index (Phi) is 10.2. The lowest BCUT2D eigenvalue weighted by Gasteiger charge is -2.16. The molecule has 1 fully saturated rings. The summed E-state index contributed by atoms with van der Waals surface area (Å²) in [5, 5.41) is 29.3. The Labute approximate surface area is 146 Å². The Balaban J connectivity index is 2.50. The molecule has 1 unspecified atom stereocenters. The number of ketones is 1. The molecule has 4 heteroatoms. The Morgan fingerprint density at radius 1 is 1.21 bits per heavy atom. The normalized spacial score (nSPS) is 27.4. The van der Waals surface area contributed by atoms with E-state index in [4.69, 9.17) is 0 Å². The molecule has 4 nitrogen and oxygen atoms in total. The largest absolute Gasteiger partial charge is 0.393 e. The lowest BCUT2D eigenvalue weighted by Crippen LogP contribution is -2.18. The zero-order valence-corrected chi connectivity index (χ0v) is 15.1. The van der Waals surface area contributed by atoms with Crippen LogP contribution < -0.4 is 0 Å². The van der Waals surface area contributed by atoms with Crippen molar-refractivity contribution in [2.24, 2.45) is 11.8 Å². The summed E-state index contributed by atoms with van der Waals surface area (Å²) >= 11 is 0. The van der Waals surface area contributed by atoms with E-state index in [1.807, 2.05) is 6.08 Å². The number of aliphatic hydroxyl groups excluding tert-OH is 3. The highest BCUT2D eigenvalue weighted by atomic mass is 16.3. The van der Waals surface area contributed by atoms with Crippen molar-refractivity contribution in [1.29, 1.82) is 0 Å². The van der Waals surface area contributed by atoms with Crippen molar-refractivity contribution in [2.45, 2.75) is 83.5 Å². The highest BCUT2D eigenvalue weighted by Gasteiger charge is 2.39. The van der Waals surface area contributed by atoms with E-state index in [0.717, 1.165) is 25.7 Å². The van der Waals surface area contributed by atoms with Crippen molar-refractivity contribution in [3.05, 3.63) is 24.3 Å². The van der Waals surface area contributed by atoms with E-state index in [-0.39, 0.29) is 30.1 Å². The Morgan fingerprint density at radius 3 is 2.62 bits per heavy atom. The molecular weight excluding hydrogens is 304 g/mol. The van der Waals surface area contributed by atoms with Crippen molar-refractivity contribution >= 4 is 5.78 Å². The minimum atomic E-state index is -0.646. The number of hydrogen-bond donors (Lipinski definition) is 3. The molecule has 1 saturated carbocycles. The first-order valence-electron chi connectivity index (χ1n) is 9.35. The second kappa shape index (κ2) is 11.6. The molecule has 0 aromatic carbocycles. The van der Waals surface area contributed by atoms with Crippen LogP contribution in [0.15, 0.2) is 24.3 Å². The van der Waals surface area contributed by atoms with Gasteiger partial charge < -0.3 is 15.3 Å². The topological polar surface area (TPSA) is 77.8 Å². The number of carbonyl (C=O) groups excluding carboxylic acids is 1. The molecular formula is C20H34O4. The molecule has 0 saturated heterocycles. The summed E-state index contributed by atoms with van der Waals surface area (Å²) in [6, 6.07) is 0. The smallest absolute Gasteiger partial charge is 0.139 e. The molecule has 0 amide bonds. The van der Waals surface area contributed by atoms with Crippen LogP contribution in [0.5, 0.6) is 0 Å². The Hall–Kier alpha value is -0.970. The van der Waals surface area contributed by atoms with E-state index >= 15 is 0 Å². The van der Waals surface area contributed by atoms with Gasteiger partial charge in [0, 0.05) is 18.3 Å². The van der Waals surface area contributed by atoms with Crippen LogP contribution in [-0.4, -0.2) is 39.4 Å². The van der Waals surface area contributed by atoms with E-state index in [9.17, 15) is 20.1 Å². The number of rotatable bonds is 11. The molecule has 5 atom stereocenters. The fraction of sp³-hybridized carbons (Fsp3) is 0.750. The van der Waals surface area contributed by atoms with Crippen molar-refractivity contribution in [2.75, 3.05) is 0 Å². The number of hydrogen-bond acceptors (Lipinski definition) is 4. The van der Waals surface area contributed by atoms with Crippen molar-refractivity contribution < 1.29 is 20.1 Å². The third-order valence-corrected chi connectivity index (χ3v) is 4.69. The fourth-order valence-electron chi connectivity index (χ4n) is 3.19. The molecule has 0 spiro atoms. The molecule has 24 heavy (non-hydrogen) atoms. The van der Waals surface area contributed by atoms with E-state index in [0.29, 0.717) is 19.3 Å². The van der Waals surface area contributed by atoms with E-state index in [1.165, 1.54) is 0 Å². The predicted molar refractivity (Wildman–Crippen MR) is 96.6 cm³/mol. The average Bonchev–Trinajstić information content (AvgIpc) is 2.78. The standard InChI is InChI=1S/C20H34O4/c1-3-4-5-6-7-11-17-18(20(24)14-19(17)23)13-12-16(22)10-8-9-15(2)21/h6-7,12-13,15-18,20-22,24H,3-5,8-11,14H2,1-2H3/b7-6-,13-12+/t15-,16+,17?,18-,20-/m1/s1. The van der Waals surface area contributed by atoms with Crippen LogP contribution in [0, 0.1) is 11.8 Å². The summed E-state index contributed by atoms with van der Waals surface area (Å²) in [7, 11) is 0. The monoisotopic (exact) mass is 338 g/mol. The minimum absolute atomic E-state index is 0.112. The highest BCUT2D eigenvalue weighted by molar-refractivity contribution is 5.84. The Morgan fingerprint density at radius 2 is 1.96 bits per heavy atom. The summed E-state index contributed by atoms with van der Waals surface area (Å²) < 4.78 is 0. The maximum atomic E-state index is 12.1. The number of unbranched alkanes of at least 4 members (excludes halogenated alkanes) is 2. The quantitative estimate of drug-likeness (QED) is 0.399. The van der Waals surface area contributed by atoms with Crippen molar-refractivity contribution in [3.63, 3.8) is 0 Å². The van der Waals surface area contributed by atoms with Crippen molar-refractivity contribution in [3.8, 4) is 0 Å². The summed E-state index contributed by atoms with van der Waals surface area (Å²) in [6.07, 6.45) is 12.3. The third kappa shape index (κ3) is 7.73. The number of aliphatic hydroxyl groups is 3. The molecule has 138 valence electrons. The maximum absolute atomic E-state index is 12.1. The fourth-order valence-corrected chi connectivity index (χ4v) is 3.19. The molecule has 1 aliphatic rings. The summed E-state index contributed by atoms with van der Waals surface area (Å²) in [4.78, 5) is 12.1. The Bertz CT molecular complexity index is 414. The number of carbonyl (C=O) groups is 1. The van der Waals surface area contributed by atoms with Crippen LogP contribution in [0.25, 0.3) is 0 Å². The van der Waals surface area contributed by atoms with Crippen molar-refractivity contribution in [1.82, 2.24) is 0 Å². The zero-order chi connectivity index (χ0) is 17.9. The zero-order valence-electron chi connectivity index (χ0n) is 15.1. The van der Waals surface area contributed by atoms with Gasteiger partial charge in [0.1, 0.15) is 5.78 Å². The van der Waals surface area contributed by atoms with Gasteiger partial charge in [-0.15, -0.1) is 0 Å². The van der Waals surface area contributed by atoms with Crippen LogP contribution in [0.1, 0.15) is 65.2 Å². The summed E-state index contributed by atoms with van der Waals surface area (Å²) in [6.45, 7) is 3.89. The van der Waals surface area contributed by atoms with Gasteiger partial charge in [-0.25, -0.2) is 0 Å². The first-order valence-corrected chi connectivity index (χ1v) is 9.35. The van der Waals surface area contributed by atoms with Gasteiger partial charge in [0.05, 0.1) is 18.3 Å². The minimum Gasteiger partial charge on any atom is -0.393 e. The van der Waals surface area contributed by atoms with Crippen LogP contribution >= 0.6 is 0 Å². The molecule has 0 aliphatic heterocycles. The van der Waals surface area contributed by atoms with E-state index < -0.39 is 12.2 Å². The molecule has 0 aromatic heterocycles. The van der Waals surface area contributed by atoms with Gasteiger partial charge in [-0.1, -0.05) is 44.1 Å². The van der Waals surface area contributed by atoms with Gasteiger partial charge in [0.25, 0.3) is 0 Å². The number of Topliss-reactive ketones (excluding diaryl/α,β-unsaturated/α-hetero) is 1. The second-order valence-electron chi connectivity index (χ2n) is 7.00. The predicted octanol–water partition coefficient (Wildman–Crippen LogP) is 3.16. The van der Waals surface area contributed by atoms with Gasteiger partial charge in [-0.2, -0.15) is 0 Å². The molecule has 1 aliphatic carbocycles. The van der Waals surface area contributed by atoms with Crippen LogP contribution in [-0.2, 0) is 4.79 Å². The maximum Gasteiger partial charge on any atom is 0.139 e. The molecule has 3 N–H and O–H groups in total. The molecule has 0 heterocycles.